The van der Waals surface area contributed by atoms with Crippen LogP contribution < -0.4 is 5.32 Å². The lowest BCUT2D eigenvalue weighted by atomic mass is 9.91. The van der Waals surface area contributed by atoms with E-state index in [-0.39, 0.29) is 17.5 Å². The molecule has 1 fully saturated rings. The van der Waals surface area contributed by atoms with Crippen LogP contribution >= 0.6 is 0 Å². The molecule has 0 bridgehead atoms. The standard InChI is InChI=1S/C17H18FNO/c1-17(14-5-3-2-4-6-14)12-20-16(11-19-17)13-7-9-15(18)10-8-13/h2-10,16,19H,11-12H2,1H3. The van der Waals surface area contributed by atoms with Gasteiger partial charge in [0.25, 0.3) is 0 Å². The first kappa shape index (κ1) is 13.3. The van der Waals surface area contributed by atoms with E-state index in [1.54, 1.807) is 12.1 Å². The van der Waals surface area contributed by atoms with E-state index >= 15 is 0 Å². The van der Waals surface area contributed by atoms with Crippen molar-refractivity contribution in [1.29, 1.82) is 0 Å². The predicted octanol–water partition coefficient (Wildman–Crippen LogP) is 3.40. The summed E-state index contributed by atoms with van der Waals surface area (Å²) in [7, 11) is 0. The Bertz CT molecular complexity index is 559. The van der Waals surface area contributed by atoms with Gasteiger partial charge in [0, 0.05) is 6.54 Å². The number of halogens is 1. The molecule has 3 heteroatoms. The lowest BCUT2D eigenvalue weighted by Crippen LogP contribution is -2.50. The predicted molar refractivity (Wildman–Crippen MR) is 76.9 cm³/mol. The van der Waals surface area contributed by atoms with Crippen molar-refractivity contribution >= 4 is 0 Å². The van der Waals surface area contributed by atoms with Crippen LogP contribution in [-0.2, 0) is 10.3 Å². The maximum atomic E-state index is 12.9. The first-order valence-corrected chi connectivity index (χ1v) is 6.85. The minimum Gasteiger partial charge on any atom is -0.370 e. The van der Waals surface area contributed by atoms with Gasteiger partial charge in [-0.2, -0.15) is 0 Å². The second kappa shape index (κ2) is 5.35. The molecule has 2 nitrogen and oxygen atoms in total. The third-order valence-electron chi connectivity index (χ3n) is 3.90. The molecule has 20 heavy (non-hydrogen) atoms. The average Bonchev–Trinajstić information content (AvgIpc) is 2.50. The third kappa shape index (κ3) is 2.60. The molecule has 0 aromatic heterocycles. The molecule has 1 N–H and O–H groups in total. The first-order valence-electron chi connectivity index (χ1n) is 6.85. The second-order valence-corrected chi connectivity index (χ2v) is 5.43. The highest BCUT2D eigenvalue weighted by Gasteiger charge is 2.33. The zero-order chi connectivity index (χ0) is 14.0. The molecular weight excluding hydrogens is 253 g/mol. The Labute approximate surface area is 118 Å². The number of nitrogens with one attached hydrogen (secondary N) is 1. The number of morpholine rings is 1. The quantitative estimate of drug-likeness (QED) is 0.904. The Morgan fingerprint density at radius 2 is 1.80 bits per heavy atom. The average molecular weight is 271 g/mol. The highest BCUT2D eigenvalue weighted by atomic mass is 19.1. The van der Waals surface area contributed by atoms with E-state index in [0.717, 1.165) is 12.1 Å². The van der Waals surface area contributed by atoms with Crippen molar-refractivity contribution in [1.82, 2.24) is 5.32 Å². The Hall–Kier alpha value is -1.71. The van der Waals surface area contributed by atoms with E-state index in [1.165, 1.54) is 17.7 Å². The van der Waals surface area contributed by atoms with Gasteiger partial charge in [0.1, 0.15) is 5.82 Å². The molecule has 1 aliphatic rings. The lowest BCUT2D eigenvalue weighted by Gasteiger charge is -2.39. The van der Waals surface area contributed by atoms with Crippen LogP contribution in [0.3, 0.4) is 0 Å². The molecule has 0 saturated carbocycles. The van der Waals surface area contributed by atoms with Crippen molar-refractivity contribution in [2.75, 3.05) is 13.2 Å². The Balaban J connectivity index is 1.72. The third-order valence-corrected chi connectivity index (χ3v) is 3.90. The lowest BCUT2D eigenvalue weighted by molar-refractivity contribution is -0.0308. The minimum absolute atomic E-state index is 0.0209. The highest BCUT2D eigenvalue weighted by Crippen LogP contribution is 2.29. The molecule has 1 heterocycles. The number of hydrogen-bond acceptors (Lipinski definition) is 2. The van der Waals surface area contributed by atoms with E-state index in [4.69, 9.17) is 4.74 Å². The van der Waals surface area contributed by atoms with E-state index in [1.807, 2.05) is 18.2 Å². The fraction of sp³-hybridized carbons (Fsp3) is 0.294. The van der Waals surface area contributed by atoms with Gasteiger partial charge in [0.15, 0.2) is 0 Å². The van der Waals surface area contributed by atoms with Crippen molar-refractivity contribution < 1.29 is 9.13 Å². The molecular formula is C17H18FNO. The SMILES string of the molecule is CC1(c2ccccc2)COC(c2ccc(F)cc2)CN1. The normalized spacial score (nSPS) is 26.4. The summed E-state index contributed by atoms with van der Waals surface area (Å²) in [6, 6.07) is 16.8. The van der Waals surface area contributed by atoms with Gasteiger partial charge in [0.05, 0.1) is 18.2 Å². The topological polar surface area (TPSA) is 21.3 Å². The van der Waals surface area contributed by atoms with Crippen molar-refractivity contribution in [3.63, 3.8) is 0 Å². The fourth-order valence-corrected chi connectivity index (χ4v) is 2.58. The Morgan fingerprint density at radius 1 is 1.10 bits per heavy atom. The van der Waals surface area contributed by atoms with Gasteiger partial charge in [-0.05, 0) is 30.2 Å². The van der Waals surface area contributed by atoms with Gasteiger partial charge >= 0.3 is 0 Å². The van der Waals surface area contributed by atoms with Crippen molar-refractivity contribution in [3.8, 4) is 0 Å². The van der Waals surface area contributed by atoms with Gasteiger partial charge in [-0.1, -0.05) is 42.5 Å². The largest absolute Gasteiger partial charge is 0.370 e. The molecule has 0 spiro atoms. The summed E-state index contributed by atoms with van der Waals surface area (Å²) in [5.74, 6) is -0.216. The van der Waals surface area contributed by atoms with Crippen LogP contribution in [0.25, 0.3) is 0 Å². The molecule has 2 unspecified atom stereocenters. The zero-order valence-corrected chi connectivity index (χ0v) is 11.5. The van der Waals surface area contributed by atoms with Crippen molar-refractivity contribution in [2.45, 2.75) is 18.6 Å². The van der Waals surface area contributed by atoms with Gasteiger partial charge in [0.2, 0.25) is 0 Å². The van der Waals surface area contributed by atoms with Crippen molar-refractivity contribution in [3.05, 3.63) is 71.5 Å². The molecule has 1 saturated heterocycles. The van der Waals surface area contributed by atoms with Crippen LogP contribution in [0.2, 0.25) is 0 Å². The molecule has 0 radical (unpaired) electrons. The van der Waals surface area contributed by atoms with E-state index in [2.05, 4.69) is 24.4 Å². The van der Waals surface area contributed by atoms with Crippen LogP contribution in [0, 0.1) is 5.82 Å². The zero-order valence-electron chi connectivity index (χ0n) is 11.5. The summed E-state index contributed by atoms with van der Waals surface area (Å²) in [5, 5.41) is 3.56. The Morgan fingerprint density at radius 3 is 2.40 bits per heavy atom. The van der Waals surface area contributed by atoms with Crippen LogP contribution in [0.5, 0.6) is 0 Å². The summed E-state index contributed by atoms with van der Waals surface area (Å²) in [5.41, 5.74) is 2.06. The fourth-order valence-electron chi connectivity index (χ4n) is 2.58. The summed E-state index contributed by atoms with van der Waals surface area (Å²) in [6.07, 6.45) is -0.0209. The molecule has 0 amide bonds. The molecule has 1 aliphatic heterocycles. The number of rotatable bonds is 2. The Kier molecular flexibility index (Phi) is 3.55. The number of benzene rings is 2. The van der Waals surface area contributed by atoms with Gasteiger partial charge < -0.3 is 10.1 Å². The van der Waals surface area contributed by atoms with E-state index in [9.17, 15) is 4.39 Å². The molecule has 3 rings (SSSR count). The summed E-state index contributed by atoms with van der Waals surface area (Å²) >= 11 is 0. The van der Waals surface area contributed by atoms with Crippen LogP contribution in [0.15, 0.2) is 54.6 Å². The first-order chi connectivity index (χ1) is 9.67. The van der Waals surface area contributed by atoms with Crippen LogP contribution in [0.4, 0.5) is 4.39 Å². The summed E-state index contributed by atoms with van der Waals surface area (Å²) < 4.78 is 18.9. The van der Waals surface area contributed by atoms with E-state index < -0.39 is 0 Å². The summed E-state index contributed by atoms with van der Waals surface area (Å²) in [6.45, 7) is 3.46. The maximum Gasteiger partial charge on any atom is 0.123 e. The monoisotopic (exact) mass is 271 g/mol. The number of hydrogen-bond donors (Lipinski definition) is 1. The second-order valence-electron chi connectivity index (χ2n) is 5.43. The smallest absolute Gasteiger partial charge is 0.123 e. The van der Waals surface area contributed by atoms with Gasteiger partial charge in [-0.15, -0.1) is 0 Å². The van der Waals surface area contributed by atoms with Gasteiger partial charge in [-0.25, -0.2) is 4.39 Å². The molecule has 2 aromatic rings. The highest BCUT2D eigenvalue weighted by molar-refractivity contribution is 5.26. The number of ether oxygens (including phenoxy) is 1. The molecule has 2 aromatic carbocycles. The maximum absolute atomic E-state index is 12.9. The van der Waals surface area contributed by atoms with Crippen LogP contribution in [0.1, 0.15) is 24.2 Å². The molecule has 0 aliphatic carbocycles. The van der Waals surface area contributed by atoms with E-state index in [0.29, 0.717) is 6.61 Å². The minimum atomic E-state index is -0.216. The van der Waals surface area contributed by atoms with Gasteiger partial charge in [-0.3, -0.25) is 0 Å². The molecule has 104 valence electrons. The van der Waals surface area contributed by atoms with Crippen LogP contribution in [-0.4, -0.2) is 13.2 Å². The van der Waals surface area contributed by atoms with Crippen molar-refractivity contribution in [2.24, 2.45) is 0 Å². The summed E-state index contributed by atoms with van der Waals surface area (Å²) in [4.78, 5) is 0. The molecule has 2 atom stereocenters.